The van der Waals surface area contributed by atoms with E-state index in [1.54, 1.807) is 11.1 Å². The van der Waals surface area contributed by atoms with Gasteiger partial charge in [-0.2, -0.15) is 10.2 Å². The molecular formula is C14H17N5O2. The molecule has 1 unspecified atom stereocenters. The Balaban J connectivity index is 1.77. The maximum atomic E-state index is 12.4. The van der Waals surface area contributed by atoms with Gasteiger partial charge in [0, 0.05) is 30.8 Å². The Labute approximate surface area is 121 Å². The van der Waals surface area contributed by atoms with Gasteiger partial charge in [-0.1, -0.05) is 0 Å². The van der Waals surface area contributed by atoms with Crippen molar-refractivity contribution in [3.63, 3.8) is 0 Å². The average molecular weight is 287 g/mol. The lowest BCUT2D eigenvalue weighted by Gasteiger charge is -2.32. The van der Waals surface area contributed by atoms with Crippen LogP contribution in [0.5, 0.6) is 0 Å². The van der Waals surface area contributed by atoms with E-state index in [4.69, 9.17) is 0 Å². The molecule has 1 aliphatic heterocycles. The predicted molar refractivity (Wildman–Crippen MR) is 76.1 cm³/mol. The number of carbonyl (C=O) groups excluding carboxylic acids is 1. The summed E-state index contributed by atoms with van der Waals surface area (Å²) in [6, 6.07) is 2.78. The standard InChI is InChI=1S/C14H17N5O2/c1-9-7-15-18-13(9)10-3-2-6-19(8-10)14(21)11-4-5-12(20)17-16-11/h4-5,7,10H,2-3,6,8H2,1H3,(H,15,18)(H,17,20). The van der Waals surface area contributed by atoms with Crippen LogP contribution in [0.15, 0.2) is 23.1 Å². The summed E-state index contributed by atoms with van der Waals surface area (Å²) >= 11 is 0. The molecule has 110 valence electrons. The normalized spacial score (nSPS) is 18.7. The zero-order chi connectivity index (χ0) is 14.8. The summed E-state index contributed by atoms with van der Waals surface area (Å²) in [4.78, 5) is 25.2. The Morgan fingerprint density at radius 3 is 2.90 bits per heavy atom. The lowest BCUT2D eigenvalue weighted by molar-refractivity contribution is 0.0698. The number of aryl methyl sites for hydroxylation is 1. The summed E-state index contributed by atoms with van der Waals surface area (Å²) in [5, 5.41) is 13.2. The van der Waals surface area contributed by atoms with E-state index >= 15 is 0 Å². The van der Waals surface area contributed by atoms with E-state index in [1.165, 1.54) is 12.1 Å². The summed E-state index contributed by atoms with van der Waals surface area (Å²) in [5.74, 6) is 0.126. The molecule has 7 heteroatoms. The molecule has 0 saturated carbocycles. The zero-order valence-electron chi connectivity index (χ0n) is 11.8. The molecule has 0 radical (unpaired) electrons. The second kappa shape index (κ2) is 5.51. The van der Waals surface area contributed by atoms with Crippen LogP contribution < -0.4 is 5.56 Å². The molecule has 0 bridgehead atoms. The van der Waals surface area contributed by atoms with Gasteiger partial charge >= 0.3 is 0 Å². The molecule has 7 nitrogen and oxygen atoms in total. The van der Waals surface area contributed by atoms with Gasteiger partial charge in [-0.05, 0) is 31.4 Å². The van der Waals surface area contributed by atoms with Crippen LogP contribution in [-0.2, 0) is 0 Å². The van der Waals surface area contributed by atoms with Gasteiger partial charge in [0.1, 0.15) is 5.69 Å². The molecule has 0 spiro atoms. The van der Waals surface area contributed by atoms with Crippen molar-refractivity contribution >= 4 is 5.91 Å². The maximum Gasteiger partial charge on any atom is 0.274 e. The summed E-state index contributed by atoms with van der Waals surface area (Å²) in [6.45, 7) is 3.37. The number of rotatable bonds is 2. The zero-order valence-corrected chi connectivity index (χ0v) is 11.8. The number of nitrogens with zero attached hydrogens (tertiary/aromatic N) is 3. The predicted octanol–water partition coefficient (Wildman–Crippen LogP) is 0.821. The average Bonchev–Trinajstić information content (AvgIpc) is 2.94. The molecule has 1 atom stereocenters. The third-order valence-corrected chi connectivity index (χ3v) is 3.88. The number of amides is 1. The highest BCUT2D eigenvalue weighted by atomic mass is 16.2. The van der Waals surface area contributed by atoms with Crippen LogP contribution in [-0.4, -0.2) is 44.3 Å². The van der Waals surface area contributed by atoms with Crippen molar-refractivity contribution in [2.45, 2.75) is 25.7 Å². The Morgan fingerprint density at radius 2 is 2.24 bits per heavy atom. The Kier molecular flexibility index (Phi) is 3.55. The van der Waals surface area contributed by atoms with Gasteiger partial charge in [-0.3, -0.25) is 14.7 Å². The van der Waals surface area contributed by atoms with Crippen LogP contribution in [0.4, 0.5) is 0 Å². The van der Waals surface area contributed by atoms with Gasteiger partial charge < -0.3 is 4.90 Å². The number of piperidine rings is 1. The largest absolute Gasteiger partial charge is 0.337 e. The van der Waals surface area contributed by atoms with Crippen LogP contribution >= 0.6 is 0 Å². The van der Waals surface area contributed by atoms with Crippen molar-refractivity contribution in [2.75, 3.05) is 13.1 Å². The van der Waals surface area contributed by atoms with E-state index < -0.39 is 0 Å². The minimum Gasteiger partial charge on any atom is -0.337 e. The third kappa shape index (κ3) is 2.72. The van der Waals surface area contributed by atoms with Crippen molar-refractivity contribution in [1.29, 1.82) is 0 Å². The van der Waals surface area contributed by atoms with E-state index in [1.807, 2.05) is 6.92 Å². The molecule has 0 aromatic carbocycles. The van der Waals surface area contributed by atoms with Crippen LogP contribution in [0.25, 0.3) is 0 Å². The van der Waals surface area contributed by atoms with Crippen LogP contribution in [0.1, 0.15) is 40.5 Å². The lowest BCUT2D eigenvalue weighted by atomic mass is 9.93. The fourth-order valence-corrected chi connectivity index (χ4v) is 2.79. The molecule has 2 aromatic heterocycles. The van der Waals surface area contributed by atoms with Gasteiger partial charge in [0.2, 0.25) is 0 Å². The number of nitrogens with one attached hydrogen (secondary N) is 2. The third-order valence-electron chi connectivity index (χ3n) is 3.88. The molecule has 1 aliphatic rings. The van der Waals surface area contributed by atoms with Gasteiger partial charge in [0.05, 0.1) is 6.20 Å². The maximum absolute atomic E-state index is 12.4. The SMILES string of the molecule is Cc1cn[nH]c1C1CCCN(C(=O)c2ccc(=O)[nH]n2)C1. The van der Waals surface area contributed by atoms with Crippen molar-refractivity contribution < 1.29 is 4.79 Å². The summed E-state index contributed by atoms with van der Waals surface area (Å²) in [5.41, 5.74) is 2.19. The van der Waals surface area contributed by atoms with Crippen LogP contribution in [0.2, 0.25) is 0 Å². The highest BCUT2D eigenvalue weighted by molar-refractivity contribution is 5.92. The number of H-pyrrole nitrogens is 2. The Bertz CT molecular complexity index is 685. The topological polar surface area (TPSA) is 94.7 Å². The van der Waals surface area contributed by atoms with E-state index in [0.29, 0.717) is 13.1 Å². The minimum absolute atomic E-state index is 0.145. The van der Waals surface area contributed by atoms with E-state index in [0.717, 1.165) is 24.1 Å². The van der Waals surface area contributed by atoms with Gasteiger partial charge in [0.15, 0.2) is 0 Å². The molecule has 2 aromatic rings. The number of hydrogen-bond donors (Lipinski definition) is 2. The number of aromatic nitrogens is 4. The minimum atomic E-state index is -0.309. The number of carbonyl (C=O) groups is 1. The number of aromatic amines is 2. The fourth-order valence-electron chi connectivity index (χ4n) is 2.79. The molecule has 1 fully saturated rings. The molecule has 3 rings (SSSR count). The second-order valence-corrected chi connectivity index (χ2v) is 5.36. The Hall–Kier alpha value is -2.44. The number of hydrogen-bond acceptors (Lipinski definition) is 4. The first-order valence-corrected chi connectivity index (χ1v) is 7.00. The van der Waals surface area contributed by atoms with Gasteiger partial charge in [-0.25, -0.2) is 5.10 Å². The first kappa shape index (κ1) is 13.5. The number of likely N-dealkylation sites (tertiary alicyclic amines) is 1. The van der Waals surface area contributed by atoms with Gasteiger partial charge in [0.25, 0.3) is 11.5 Å². The molecule has 1 amide bonds. The van der Waals surface area contributed by atoms with Crippen molar-refractivity contribution in [1.82, 2.24) is 25.3 Å². The highest BCUT2D eigenvalue weighted by Crippen LogP contribution is 2.27. The monoisotopic (exact) mass is 287 g/mol. The summed E-state index contributed by atoms with van der Waals surface area (Å²) < 4.78 is 0. The lowest BCUT2D eigenvalue weighted by Crippen LogP contribution is -2.40. The molecule has 21 heavy (non-hydrogen) atoms. The Morgan fingerprint density at radius 1 is 1.38 bits per heavy atom. The second-order valence-electron chi connectivity index (χ2n) is 5.36. The molecular weight excluding hydrogens is 270 g/mol. The van der Waals surface area contributed by atoms with E-state index in [9.17, 15) is 9.59 Å². The smallest absolute Gasteiger partial charge is 0.274 e. The van der Waals surface area contributed by atoms with Crippen LogP contribution in [0.3, 0.4) is 0 Å². The first-order valence-electron chi connectivity index (χ1n) is 7.00. The van der Waals surface area contributed by atoms with Crippen molar-refractivity contribution in [2.24, 2.45) is 0 Å². The molecule has 2 N–H and O–H groups in total. The molecule has 1 saturated heterocycles. The quantitative estimate of drug-likeness (QED) is 0.855. The van der Waals surface area contributed by atoms with E-state index in [2.05, 4.69) is 20.4 Å². The van der Waals surface area contributed by atoms with E-state index in [-0.39, 0.29) is 23.1 Å². The van der Waals surface area contributed by atoms with Crippen molar-refractivity contribution in [3.05, 3.63) is 45.6 Å². The first-order chi connectivity index (χ1) is 10.1. The van der Waals surface area contributed by atoms with Gasteiger partial charge in [-0.15, -0.1) is 0 Å². The van der Waals surface area contributed by atoms with Crippen molar-refractivity contribution in [3.8, 4) is 0 Å². The molecule has 0 aliphatic carbocycles. The van der Waals surface area contributed by atoms with Crippen LogP contribution in [0, 0.1) is 6.92 Å². The summed E-state index contributed by atoms with van der Waals surface area (Å²) in [6.07, 6.45) is 3.78. The highest BCUT2D eigenvalue weighted by Gasteiger charge is 2.27. The summed E-state index contributed by atoms with van der Waals surface area (Å²) in [7, 11) is 0. The fraction of sp³-hybridized carbons (Fsp3) is 0.429. The molecule has 3 heterocycles.